The van der Waals surface area contributed by atoms with E-state index < -0.39 is 0 Å². The van der Waals surface area contributed by atoms with Crippen LogP contribution >= 0.6 is 35.3 Å². The van der Waals surface area contributed by atoms with Crippen LogP contribution < -0.4 is 5.32 Å². The molecule has 0 aromatic carbocycles. The minimum absolute atomic E-state index is 0. The van der Waals surface area contributed by atoms with Crippen LogP contribution in [0.4, 0.5) is 0 Å². The molecular weight excluding hydrogens is 425 g/mol. The third kappa shape index (κ3) is 4.34. The first-order valence-electron chi connectivity index (χ1n) is 7.76. The van der Waals surface area contributed by atoms with Crippen molar-refractivity contribution >= 4 is 47.2 Å². The van der Waals surface area contributed by atoms with E-state index >= 15 is 0 Å². The second-order valence-corrected chi connectivity index (χ2v) is 7.17. The summed E-state index contributed by atoms with van der Waals surface area (Å²) >= 11 is 1.70. The number of guanidine groups is 1. The highest BCUT2D eigenvalue weighted by Crippen LogP contribution is 2.28. The lowest BCUT2D eigenvalue weighted by Gasteiger charge is -2.36. The van der Waals surface area contributed by atoms with Crippen LogP contribution in [-0.4, -0.2) is 59.4 Å². The molecule has 0 radical (unpaired) electrons. The van der Waals surface area contributed by atoms with Crippen molar-refractivity contribution in [1.82, 2.24) is 20.1 Å². The van der Waals surface area contributed by atoms with Crippen LogP contribution in [0.1, 0.15) is 28.4 Å². The Labute approximate surface area is 158 Å². The van der Waals surface area contributed by atoms with Gasteiger partial charge in [0.25, 0.3) is 0 Å². The second-order valence-electron chi connectivity index (χ2n) is 5.88. The van der Waals surface area contributed by atoms with Gasteiger partial charge in [0.2, 0.25) is 5.91 Å². The highest BCUT2D eigenvalue weighted by molar-refractivity contribution is 14.0. The third-order valence-electron chi connectivity index (χ3n) is 4.16. The first kappa shape index (κ1) is 18.4. The molecule has 23 heavy (non-hydrogen) atoms. The van der Waals surface area contributed by atoms with Crippen molar-refractivity contribution in [3.8, 4) is 0 Å². The molecule has 1 saturated carbocycles. The number of thiazole rings is 1. The Kier molecular flexibility index (Phi) is 6.24. The van der Waals surface area contributed by atoms with Gasteiger partial charge in [0.1, 0.15) is 0 Å². The Morgan fingerprint density at radius 2 is 2.13 bits per heavy atom. The number of nitrogens with zero attached hydrogens (tertiary/aromatic N) is 4. The van der Waals surface area contributed by atoms with E-state index in [1.165, 1.54) is 17.7 Å². The van der Waals surface area contributed by atoms with Crippen molar-refractivity contribution in [1.29, 1.82) is 0 Å². The molecule has 1 aromatic heterocycles. The lowest BCUT2D eigenvalue weighted by molar-refractivity contribution is -0.135. The largest absolute Gasteiger partial charge is 0.351 e. The number of aryl methyl sites for hydroxylation is 2. The molecule has 2 fully saturated rings. The van der Waals surface area contributed by atoms with Gasteiger partial charge in [-0.2, -0.15) is 0 Å². The van der Waals surface area contributed by atoms with Crippen molar-refractivity contribution in [3.63, 3.8) is 0 Å². The van der Waals surface area contributed by atoms with Crippen LogP contribution in [0.3, 0.4) is 0 Å². The van der Waals surface area contributed by atoms with E-state index in [-0.39, 0.29) is 29.9 Å². The fraction of sp³-hybridized carbons (Fsp3) is 0.667. The van der Waals surface area contributed by atoms with Gasteiger partial charge in [-0.1, -0.05) is 0 Å². The fourth-order valence-corrected chi connectivity index (χ4v) is 3.75. The minimum Gasteiger partial charge on any atom is -0.351 e. The molecule has 1 amide bonds. The third-order valence-corrected chi connectivity index (χ3v) is 5.24. The van der Waals surface area contributed by atoms with Crippen molar-refractivity contribution in [2.24, 2.45) is 4.99 Å². The first-order chi connectivity index (χ1) is 10.6. The van der Waals surface area contributed by atoms with Crippen molar-refractivity contribution < 1.29 is 4.79 Å². The molecule has 0 atom stereocenters. The van der Waals surface area contributed by atoms with E-state index in [0.29, 0.717) is 19.1 Å². The van der Waals surface area contributed by atoms with Gasteiger partial charge in [-0.15, -0.1) is 35.3 Å². The number of aromatic nitrogens is 1. The number of hydrogen-bond acceptors (Lipinski definition) is 4. The van der Waals surface area contributed by atoms with Crippen LogP contribution in [-0.2, 0) is 11.3 Å². The average molecular weight is 449 g/mol. The number of carbonyl (C=O) groups excluding carboxylic acids is 1. The molecule has 0 unspecified atom stereocenters. The summed E-state index contributed by atoms with van der Waals surface area (Å²) in [6.45, 7) is 6.84. The molecule has 1 saturated heterocycles. The molecule has 1 aliphatic heterocycles. The van der Waals surface area contributed by atoms with E-state index in [0.717, 1.165) is 29.8 Å². The van der Waals surface area contributed by atoms with E-state index in [1.54, 1.807) is 18.4 Å². The molecule has 1 N–H and O–H groups in total. The van der Waals surface area contributed by atoms with Gasteiger partial charge < -0.3 is 15.1 Å². The summed E-state index contributed by atoms with van der Waals surface area (Å²) in [7, 11) is 1.77. The van der Waals surface area contributed by atoms with Crippen molar-refractivity contribution in [3.05, 3.63) is 15.6 Å². The zero-order valence-electron chi connectivity index (χ0n) is 13.8. The predicted octanol–water partition coefficient (Wildman–Crippen LogP) is 1.76. The van der Waals surface area contributed by atoms with E-state index in [1.807, 2.05) is 23.6 Å². The zero-order chi connectivity index (χ0) is 15.7. The van der Waals surface area contributed by atoms with E-state index in [2.05, 4.69) is 15.3 Å². The maximum Gasteiger partial charge on any atom is 0.242 e. The first-order valence-corrected chi connectivity index (χ1v) is 8.58. The van der Waals surface area contributed by atoms with Gasteiger partial charge in [0.15, 0.2) is 5.96 Å². The molecule has 1 aromatic rings. The molecule has 0 bridgehead atoms. The SMILES string of the molecule is CN=C(NCc1sc(C)nc1C)N1CCN(C2CC2)C(=O)C1.I. The topological polar surface area (TPSA) is 60.8 Å². The van der Waals surface area contributed by atoms with E-state index in [4.69, 9.17) is 0 Å². The second kappa shape index (κ2) is 7.78. The van der Waals surface area contributed by atoms with Crippen LogP contribution in [0.25, 0.3) is 0 Å². The summed E-state index contributed by atoms with van der Waals surface area (Å²) in [5.74, 6) is 1.02. The standard InChI is InChI=1S/C15H23N5OS.HI/c1-10-13(22-11(2)18-10)8-17-15(16-3)19-6-7-20(12-4-5-12)14(21)9-19;/h12H,4-9H2,1-3H3,(H,16,17);1H. The molecule has 8 heteroatoms. The fourth-order valence-electron chi connectivity index (χ4n) is 2.87. The smallest absolute Gasteiger partial charge is 0.242 e. The van der Waals surface area contributed by atoms with Crippen LogP contribution in [0.5, 0.6) is 0 Å². The summed E-state index contributed by atoms with van der Waals surface area (Å²) in [4.78, 5) is 26.3. The Bertz CT molecular complexity index is 599. The number of piperazine rings is 1. The summed E-state index contributed by atoms with van der Waals surface area (Å²) in [6, 6.07) is 0.507. The molecule has 0 spiro atoms. The molecule has 1 aliphatic carbocycles. The number of aliphatic imine (C=N–C) groups is 1. The summed E-state index contributed by atoms with van der Waals surface area (Å²) in [5.41, 5.74) is 1.07. The Balaban J connectivity index is 0.00000192. The number of halogens is 1. The molecular formula is C15H24IN5OS. The van der Waals surface area contributed by atoms with Crippen LogP contribution in [0, 0.1) is 13.8 Å². The maximum absolute atomic E-state index is 12.2. The molecule has 128 valence electrons. The highest BCUT2D eigenvalue weighted by atomic mass is 127. The van der Waals surface area contributed by atoms with Gasteiger partial charge >= 0.3 is 0 Å². The minimum atomic E-state index is 0. The summed E-state index contributed by atoms with van der Waals surface area (Å²) in [6.07, 6.45) is 2.34. The Morgan fingerprint density at radius 3 is 2.65 bits per heavy atom. The average Bonchev–Trinajstić information content (AvgIpc) is 3.26. The summed E-state index contributed by atoms with van der Waals surface area (Å²) < 4.78 is 0. The van der Waals surface area contributed by atoms with Crippen molar-refractivity contribution in [2.45, 2.75) is 39.3 Å². The van der Waals surface area contributed by atoms with Crippen LogP contribution in [0.2, 0.25) is 0 Å². The van der Waals surface area contributed by atoms with Crippen molar-refractivity contribution in [2.75, 3.05) is 26.7 Å². The number of carbonyl (C=O) groups is 1. The quantitative estimate of drug-likeness (QED) is 0.434. The Hall–Kier alpha value is -0.900. The predicted molar refractivity (Wildman–Crippen MR) is 104 cm³/mol. The lowest BCUT2D eigenvalue weighted by atomic mass is 10.3. The molecule has 2 aliphatic rings. The number of rotatable bonds is 3. The van der Waals surface area contributed by atoms with E-state index in [9.17, 15) is 4.79 Å². The number of amides is 1. The summed E-state index contributed by atoms with van der Waals surface area (Å²) in [5, 5.41) is 4.45. The van der Waals surface area contributed by atoms with Gasteiger partial charge in [-0.05, 0) is 26.7 Å². The molecule has 3 rings (SSSR count). The van der Waals surface area contributed by atoms with Gasteiger partial charge in [0.05, 0.1) is 23.8 Å². The zero-order valence-corrected chi connectivity index (χ0v) is 17.0. The van der Waals surface area contributed by atoms with Gasteiger partial charge in [0, 0.05) is 31.1 Å². The Morgan fingerprint density at radius 1 is 1.39 bits per heavy atom. The van der Waals surface area contributed by atoms with Gasteiger partial charge in [-0.3, -0.25) is 9.79 Å². The van der Waals surface area contributed by atoms with Crippen LogP contribution in [0.15, 0.2) is 4.99 Å². The molecule has 2 heterocycles. The van der Waals surface area contributed by atoms with Gasteiger partial charge in [-0.25, -0.2) is 4.98 Å². The normalized spacial score (nSPS) is 18.9. The number of hydrogen-bond donors (Lipinski definition) is 1. The molecule has 6 nitrogen and oxygen atoms in total. The highest BCUT2D eigenvalue weighted by Gasteiger charge is 2.36. The number of nitrogens with one attached hydrogen (secondary N) is 1. The lowest BCUT2D eigenvalue weighted by Crippen LogP contribution is -2.55. The maximum atomic E-state index is 12.2. The monoisotopic (exact) mass is 449 g/mol.